The van der Waals surface area contributed by atoms with Crippen LogP contribution in [0.2, 0.25) is 0 Å². The number of methoxy groups -OCH3 is 1. The summed E-state index contributed by atoms with van der Waals surface area (Å²) in [7, 11) is 1.30. The Bertz CT molecular complexity index is 344. The van der Waals surface area contributed by atoms with Crippen LogP contribution in [-0.4, -0.2) is 28.4 Å². The van der Waals surface area contributed by atoms with E-state index in [1.807, 2.05) is 0 Å². The summed E-state index contributed by atoms with van der Waals surface area (Å²) in [6.07, 6.45) is 3.51. The van der Waals surface area contributed by atoms with E-state index in [9.17, 15) is 9.59 Å². The lowest BCUT2D eigenvalue weighted by molar-refractivity contribution is -0.117. The van der Waals surface area contributed by atoms with E-state index in [1.54, 1.807) is 10.8 Å². The fourth-order valence-corrected chi connectivity index (χ4v) is 0.979. The van der Waals surface area contributed by atoms with Crippen LogP contribution in [-0.2, 0) is 16.1 Å². The predicted octanol–water partition coefficient (Wildman–Crippen LogP) is 0.649. The number of carbonyl (C=O) groups excluding carboxylic acids is 2. The van der Waals surface area contributed by atoms with Crippen LogP contribution in [0.25, 0.3) is 0 Å². The minimum atomic E-state index is -0.466. The van der Waals surface area contributed by atoms with E-state index < -0.39 is 5.97 Å². The lowest BCUT2D eigenvalue weighted by atomic mass is 10.3. The molecule has 0 atom stereocenters. The second-order valence-electron chi connectivity index (χ2n) is 2.94. The number of esters is 1. The number of nitrogens with zero attached hydrogens (tertiary/aromatic N) is 2. The molecule has 0 aliphatic rings. The summed E-state index contributed by atoms with van der Waals surface area (Å²) in [5, 5.41) is 0. The Morgan fingerprint density at radius 1 is 1.57 bits per heavy atom. The highest BCUT2D eigenvalue weighted by molar-refractivity contribution is 5.86. The molecule has 1 aromatic rings. The van der Waals surface area contributed by atoms with Gasteiger partial charge >= 0.3 is 5.97 Å². The van der Waals surface area contributed by atoms with E-state index in [1.165, 1.54) is 20.4 Å². The zero-order valence-electron chi connectivity index (χ0n) is 8.19. The molecule has 0 bridgehead atoms. The number of ketones is 1. The van der Waals surface area contributed by atoms with Gasteiger partial charge in [0.2, 0.25) is 0 Å². The van der Waals surface area contributed by atoms with Gasteiger partial charge in [-0.15, -0.1) is 0 Å². The zero-order chi connectivity index (χ0) is 10.6. The quantitative estimate of drug-likeness (QED) is 0.663. The van der Waals surface area contributed by atoms with Crippen molar-refractivity contribution in [3.8, 4) is 0 Å². The summed E-state index contributed by atoms with van der Waals surface area (Å²) >= 11 is 0. The smallest absolute Gasteiger partial charge is 0.358 e. The number of aromatic nitrogens is 2. The number of rotatable bonds is 4. The number of aryl methyl sites for hydroxylation is 1. The maximum absolute atomic E-state index is 11.0. The highest BCUT2D eigenvalue weighted by atomic mass is 16.5. The molecule has 0 unspecified atom stereocenters. The normalized spacial score (nSPS) is 9.86. The highest BCUT2D eigenvalue weighted by Gasteiger charge is 2.08. The Balaban J connectivity index is 2.59. The molecule has 0 saturated carbocycles. The van der Waals surface area contributed by atoms with Crippen LogP contribution in [0.15, 0.2) is 12.5 Å². The van der Waals surface area contributed by atoms with E-state index in [0.29, 0.717) is 13.0 Å². The molecule has 0 saturated heterocycles. The zero-order valence-corrected chi connectivity index (χ0v) is 8.19. The van der Waals surface area contributed by atoms with Crippen molar-refractivity contribution in [1.29, 1.82) is 0 Å². The molecule has 0 aromatic carbocycles. The molecule has 0 aliphatic carbocycles. The van der Waals surface area contributed by atoms with Crippen molar-refractivity contribution < 1.29 is 14.3 Å². The van der Waals surface area contributed by atoms with E-state index in [-0.39, 0.29) is 11.5 Å². The molecule has 76 valence electrons. The largest absolute Gasteiger partial charge is 0.464 e. The molecule has 14 heavy (non-hydrogen) atoms. The first-order valence-corrected chi connectivity index (χ1v) is 4.23. The summed E-state index contributed by atoms with van der Waals surface area (Å²) in [6, 6.07) is 0. The number of imidazole rings is 1. The predicted molar refractivity (Wildman–Crippen MR) is 48.9 cm³/mol. The average Bonchev–Trinajstić information content (AvgIpc) is 2.62. The van der Waals surface area contributed by atoms with E-state index in [2.05, 4.69) is 9.72 Å². The number of hydrogen-bond acceptors (Lipinski definition) is 4. The maximum Gasteiger partial charge on any atom is 0.358 e. The fourth-order valence-electron chi connectivity index (χ4n) is 0.979. The van der Waals surface area contributed by atoms with E-state index >= 15 is 0 Å². The summed E-state index contributed by atoms with van der Waals surface area (Å²) in [6.45, 7) is 2.07. The maximum atomic E-state index is 11.0. The third-order valence-corrected chi connectivity index (χ3v) is 1.75. The van der Waals surface area contributed by atoms with Crippen molar-refractivity contribution in [2.75, 3.05) is 7.11 Å². The SMILES string of the molecule is COC(=O)c1cn(CCC(C)=O)cn1. The molecule has 5 nitrogen and oxygen atoms in total. The van der Waals surface area contributed by atoms with Gasteiger partial charge in [-0.05, 0) is 6.92 Å². The lowest BCUT2D eigenvalue weighted by Crippen LogP contribution is -2.02. The van der Waals surface area contributed by atoms with Crippen molar-refractivity contribution >= 4 is 11.8 Å². The summed E-state index contributed by atoms with van der Waals surface area (Å²) in [4.78, 5) is 25.5. The molecule has 0 spiro atoms. The number of ether oxygens (including phenoxy) is 1. The van der Waals surface area contributed by atoms with E-state index in [0.717, 1.165) is 0 Å². The Kier molecular flexibility index (Phi) is 3.39. The van der Waals surface area contributed by atoms with Gasteiger partial charge in [0.1, 0.15) is 5.78 Å². The van der Waals surface area contributed by atoms with Crippen molar-refractivity contribution in [3.63, 3.8) is 0 Å². The van der Waals surface area contributed by atoms with Crippen LogP contribution < -0.4 is 0 Å². The molecule has 1 aromatic heterocycles. The van der Waals surface area contributed by atoms with Gasteiger partial charge in [0.25, 0.3) is 0 Å². The monoisotopic (exact) mass is 196 g/mol. The minimum Gasteiger partial charge on any atom is -0.464 e. The van der Waals surface area contributed by atoms with Gasteiger partial charge in [0.05, 0.1) is 13.4 Å². The first-order chi connectivity index (χ1) is 6.63. The van der Waals surface area contributed by atoms with Crippen LogP contribution in [0.5, 0.6) is 0 Å². The van der Waals surface area contributed by atoms with Gasteiger partial charge < -0.3 is 9.30 Å². The van der Waals surface area contributed by atoms with Gasteiger partial charge in [0.15, 0.2) is 5.69 Å². The van der Waals surface area contributed by atoms with Crippen LogP contribution in [0.1, 0.15) is 23.8 Å². The fraction of sp³-hybridized carbons (Fsp3) is 0.444. The lowest BCUT2D eigenvalue weighted by Gasteiger charge is -1.97. The number of carbonyl (C=O) groups is 2. The molecule has 0 fully saturated rings. The van der Waals surface area contributed by atoms with Crippen LogP contribution >= 0.6 is 0 Å². The Hall–Kier alpha value is -1.65. The molecule has 0 N–H and O–H groups in total. The summed E-state index contributed by atoms with van der Waals surface area (Å²) < 4.78 is 6.18. The Labute approximate surface area is 81.7 Å². The third-order valence-electron chi connectivity index (χ3n) is 1.75. The number of hydrogen-bond donors (Lipinski definition) is 0. The van der Waals surface area contributed by atoms with Gasteiger partial charge in [-0.1, -0.05) is 0 Å². The van der Waals surface area contributed by atoms with Crippen molar-refractivity contribution in [2.24, 2.45) is 0 Å². The average molecular weight is 196 g/mol. The minimum absolute atomic E-state index is 0.110. The topological polar surface area (TPSA) is 61.2 Å². The molecule has 1 heterocycles. The third kappa shape index (κ3) is 2.69. The standard InChI is InChI=1S/C9H12N2O3/c1-7(12)3-4-11-5-8(10-6-11)9(13)14-2/h5-6H,3-4H2,1-2H3. The second kappa shape index (κ2) is 4.55. The van der Waals surface area contributed by atoms with Crippen molar-refractivity contribution in [2.45, 2.75) is 19.9 Å². The summed E-state index contributed by atoms with van der Waals surface area (Å²) in [5.74, 6) is -0.357. The van der Waals surface area contributed by atoms with Crippen molar-refractivity contribution in [1.82, 2.24) is 9.55 Å². The van der Waals surface area contributed by atoms with Crippen LogP contribution in [0, 0.1) is 0 Å². The second-order valence-corrected chi connectivity index (χ2v) is 2.94. The van der Waals surface area contributed by atoms with Crippen molar-refractivity contribution in [3.05, 3.63) is 18.2 Å². The van der Waals surface area contributed by atoms with E-state index in [4.69, 9.17) is 0 Å². The molecular formula is C9H12N2O3. The Morgan fingerprint density at radius 2 is 2.29 bits per heavy atom. The number of Topliss-reactive ketones (excluding diaryl/α,β-unsaturated/α-hetero) is 1. The molecule has 0 radical (unpaired) electrons. The van der Waals surface area contributed by atoms with Crippen LogP contribution in [0.3, 0.4) is 0 Å². The van der Waals surface area contributed by atoms with Gasteiger partial charge in [-0.2, -0.15) is 0 Å². The van der Waals surface area contributed by atoms with Gasteiger partial charge in [-0.3, -0.25) is 4.79 Å². The first-order valence-electron chi connectivity index (χ1n) is 4.23. The molecule has 5 heteroatoms. The first kappa shape index (κ1) is 10.4. The molecule has 0 amide bonds. The van der Waals surface area contributed by atoms with Gasteiger partial charge in [-0.25, -0.2) is 9.78 Å². The summed E-state index contributed by atoms with van der Waals surface area (Å²) in [5.41, 5.74) is 0.260. The molecule has 0 aliphatic heterocycles. The van der Waals surface area contributed by atoms with Crippen LogP contribution in [0.4, 0.5) is 0 Å². The molecule has 1 rings (SSSR count). The highest BCUT2D eigenvalue weighted by Crippen LogP contribution is 1.99. The van der Waals surface area contributed by atoms with Gasteiger partial charge in [0, 0.05) is 19.2 Å². The molecular weight excluding hydrogens is 184 g/mol. The Morgan fingerprint density at radius 3 is 2.86 bits per heavy atom.